The van der Waals surface area contributed by atoms with Crippen molar-refractivity contribution in [2.75, 3.05) is 6.61 Å². The van der Waals surface area contributed by atoms with Gasteiger partial charge in [-0.3, -0.25) is 4.79 Å². The second-order valence-corrected chi connectivity index (χ2v) is 3.48. The Balaban J connectivity index is 3.57. The van der Waals surface area contributed by atoms with Gasteiger partial charge in [0.15, 0.2) is 0 Å². The van der Waals surface area contributed by atoms with Crippen LogP contribution in [0.2, 0.25) is 0 Å². The number of carbonyl (C=O) groups excluding carboxylic acids is 1. The third kappa shape index (κ3) is 5.33. The third-order valence-electron chi connectivity index (χ3n) is 1.22. The lowest BCUT2D eigenvalue weighted by Gasteiger charge is -2.10. The molecule has 0 aromatic carbocycles. The first-order valence-corrected chi connectivity index (χ1v) is 4.39. The highest BCUT2D eigenvalue weighted by Crippen LogP contribution is 2.18. The van der Waals surface area contributed by atoms with E-state index in [-0.39, 0.29) is 18.3 Å². The molecule has 0 fully saturated rings. The Bertz CT molecular complexity index is 126. The number of ether oxygens (including phenoxy) is 1. The van der Waals surface area contributed by atoms with Crippen molar-refractivity contribution in [1.29, 1.82) is 0 Å². The Kier molecular flexibility index (Phi) is 5.69. The molecule has 0 aromatic rings. The van der Waals surface area contributed by atoms with Gasteiger partial charge in [-0.2, -0.15) is 0 Å². The van der Waals surface area contributed by atoms with Crippen molar-refractivity contribution in [2.45, 2.75) is 25.1 Å². The van der Waals surface area contributed by atoms with Crippen molar-refractivity contribution < 1.29 is 9.53 Å². The van der Waals surface area contributed by atoms with Crippen LogP contribution in [0.4, 0.5) is 0 Å². The van der Waals surface area contributed by atoms with Gasteiger partial charge in [-0.05, 0) is 12.8 Å². The van der Waals surface area contributed by atoms with Crippen LogP contribution in [0.3, 0.4) is 0 Å². The lowest BCUT2D eigenvalue weighted by Crippen LogP contribution is -2.13. The molecule has 1 atom stereocenters. The molecule has 0 rings (SSSR count). The van der Waals surface area contributed by atoms with E-state index in [9.17, 15) is 4.79 Å². The van der Waals surface area contributed by atoms with Crippen LogP contribution in [0.15, 0.2) is 0 Å². The largest absolute Gasteiger partial charge is 0.466 e. The van der Waals surface area contributed by atoms with Gasteiger partial charge in [-0.15, -0.1) is 23.2 Å². The topological polar surface area (TPSA) is 26.3 Å². The molecule has 4 heteroatoms. The minimum atomic E-state index is -0.501. The highest BCUT2D eigenvalue weighted by atomic mass is 35.5. The summed E-state index contributed by atoms with van der Waals surface area (Å²) in [6, 6.07) is 0. The number of halogens is 2. The van der Waals surface area contributed by atoms with Crippen molar-refractivity contribution in [2.24, 2.45) is 5.92 Å². The number of rotatable bonds is 4. The summed E-state index contributed by atoms with van der Waals surface area (Å²) in [5, 5.41) is 0. The monoisotopic (exact) mass is 198 g/mol. The van der Waals surface area contributed by atoms with Gasteiger partial charge in [0.1, 0.15) is 4.84 Å². The smallest absolute Gasteiger partial charge is 0.306 e. The molecule has 0 saturated heterocycles. The first kappa shape index (κ1) is 11.1. The van der Waals surface area contributed by atoms with E-state index in [1.54, 1.807) is 6.92 Å². The lowest BCUT2D eigenvalue weighted by molar-refractivity contribution is -0.143. The van der Waals surface area contributed by atoms with Crippen molar-refractivity contribution >= 4 is 29.2 Å². The average molecular weight is 199 g/mol. The SMILES string of the molecule is CCOC(=O)CC(C)C(Cl)Cl. The van der Waals surface area contributed by atoms with E-state index in [1.165, 1.54) is 0 Å². The molecule has 0 N–H and O–H groups in total. The number of hydrogen-bond donors (Lipinski definition) is 0. The second-order valence-electron chi connectivity index (χ2n) is 2.32. The lowest BCUT2D eigenvalue weighted by atomic mass is 10.1. The Morgan fingerprint density at radius 2 is 2.09 bits per heavy atom. The van der Waals surface area contributed by atoms with Crippen LogP contribution in [0.1, 0.15) is 20.3 Å². The summed E-state index contributed by atoms with van der Waals surface area (Å²) in [6.45, 7) is 3.98. The molecular formula is C7H12Cl2O2. The van der Waals surface area contributed by atoms with Gasteiger partial charge in [0.05, 0.1) is 13.0 Å². The van der Waals surface area contributed by atoms with Crippen LogP contribution in [0.5, 0.6) is 0 Å². The summed E-state index contributed by atoms with van der Waals surface area (Å²) in [5.41, 5.74) is 0. The van der Waals surface area contributed by atoms with E-state index < -0.39 is 4.84 Å². The standard InChI is InChI=1S/C7H12Cl2O2/c1-3-11-6(10)4-5(2)7(8)9/h5,7H,3-4H2,1-2H3. The zero-order valence-corrected chi connectivity index (χ0v) is 8.15. The Morgan fingerprint density at radius 1 is 1.55 bits per heavy atom. The van der Waals surface area contributed by atoms with Crippen molar-refractivity contribution in [3.63, 3.8) is 0 Å². The average Bonchev–Trinajstić information content (AvgIpc) is 1.87. The number of esters is 1. The summed E-state index contributed by atoms with van der Waals surface area (Å²) in [7, 11) is 0. The van der Waals surface area contributed by atoms with Crippen LogP contribution in [0.25, 0.3) is 0 Å². The first-order chi connectivity index (χ1) is 5.07. The molecular weight excluding hydrogens is 187 g/mol. The zero-order chi connectivity index (χ0) is 8.85. The fourth-order valence-electron chi connectivity index (χ4n) is 0.572. The number of alkyl halides is 2. The zero-order valence-electron chi connectivity index (χ0n) is 6.64. The molecule has 0 aliphatic carbocycles. The Hall–Kier alpha value is 0.0500. The van der Waals surface area contributed by atoms with Gasteiger partial charge in [-0.25, -0.2) is 0 Å². The van der Waals surface area contributed by atoms with E-state index in [2.05, 4.69) is 0 Å². The van der Waals surface area contributed by atoms with Crippen LogP contribution in [0, 0.1) is 5.92 Å². The van der Waals surface area contributed by atoms with E-state index >= 15 is 0 Å². The Labute approximate surface area is 76.8 Å². The molecule has 0 aliphatic heterocycles. The summed E-state index contributed by atoms with van der Waals surface area (Å²) < 4.78 is 4.71. The molecule has 0 radical (unpaired) electrons. The van der Waals surface area contributed by atoms with Gasteiger partial charge < -0.3 is 4.74 Å². The summed E-state index contributed by atoms with van der Waals surface area (Å²) in [4.78, 5) is 10.3. The van der Waals surface area contributed by atoms with Crippen molar-refractivity contribution in [1.82, 2.24) is 0 Å². The summed E-state index contributed by atoms with van der Waals surface area (Å²) in [6.07, 6.45) is 0.283. The van der Waals surface area contributed by atoms with Crippen LogP contribution < -0.4 is 0 Å². The summed E-state index contributed by atoms with van der Waals surface area (Å²) in [5.74, 6) is -0.288. The molecule has 1 unspecified atom stereocenters. The van der Waals surface area contributed by atoms with Crippen molar-refractivity contribution in [3.05, 3.63) is 0 Å². The molecule has 0 amide bonds. The minimum Gasteiger partial charge on any atom is -0.466 e. The van der Waals surface area contributed by atoms with Crippen LogP contribution >= 0.6 is 23.2 Å². The molecule has 0 saturated carbocycles. The highest BCUT2D eigenvalue weighted by Gasteiger charge is 2.15. The van der Waals surface area contributed by atoms with Crippen LogP contribution in [-0.4, -0.2) is 17.4 Å². The van der Waals surface area contributed by atoms with Gasteiger partial charge >= 0.3 is 5.97 Å². The predicted octanol–water partition coefficient (Wildman–Crippen LogP) is 2.38. The predicted molar refractivity (Wildman–Crippen MR) is 45.9 cm³/mol. The van der Waals surface area contributed by atoms with Gasteiger partial charge in [-0.1, -0.05) is 6.92 Å². The number of hydrogen-bond acceptors (Lipinski definition) is 2. The normalized spacial score (nSPS) is 13.2. The maximum Gasteiger partial charge on any atom is 0.306 e. The third-order valence-corrected chi connectivity index (χ3v) is 2.08. The van der Waals surface area contributed by atoms with E-state index in [0.717, 1.165) is 0 Å². The molecule has 11 heavy (non-hydrogen) atoms. The minimum absolute atomic E-state index is 0.0441. The highest BCUT2D eigenvalue weighted by molar-refractivity contribution is 6.44. The summed E-state index contributed by atoms with van der Waals surface area (Å²) >= 11 is 11.1. The molecule has 66 valence electrons. The van der Waals surface area contributed by atoms with Gasteiger partial charge in [0.25, 0.3) is 0 Å². The quantitative estimate of drug-likeness (QED) is 0.513. The molecule has 0 heterocycles. The van der Waals surface area contributed by atoms with E-state index in [0.29, 0.717) is 6.61 Å². The molecule has 0 bridgehead atoms. The number of carbonyl (C=O) groups is 1. The molecule has 0 aliphatic rings. The van der Waals surface area contributed by atoms with E-state index in [4.69, 9.17) is 27.9 Å². The fourth-order valence-corrected chi connectivity index (χ4v) is 0.750. The maximum absolute atomic E-state index is 10.8. The van der Waals surface area contributed by atoms with E-state index in [1.807, 2.05) is 6.92 Å². The van der Waals surface area contributed by atoms with Gasteiger partial charge in [0, 0.05) is 0 Å². The second kappa shape index (κ2) is 5.67. The molecule has 0 spiro atoms. The van der Waals surface area contributed by atoms with Crippen molar-refractivity contribution in [3.8, 4) is 0 Å². The molecule has 0 aromatic heterocycles. The van der Waals surface area contributed by atoms with Crippen LogP contribution in [-0.2, 0) is 9.53 Å². The fraction of sp³-hybridized carbons (Fsp3) is 0.857. The Morgan fingerprint density at radius 3 is 2.45 bits per heavy atom. The maximum atomic E-state index is 10.8. The van der Waals surface area contributed by atoms with Gasteiger partial charge in [0.2, 0.25) is 0 Å². The molecule has 2 nitrogen and oxygen atoms in total. The first-order valence-electron chi connectivity index (χ1n) is 3.51.